The molecular weight excluding hydrogens is 242 g/mol. The van der Waals surface area contributed by atoms with Crippen LogP contribution in [0.4, 0.5) is 0 Å². The van der Waals surface area contributed by atoms with Gasteiger partial charge in [-0.05, 0) is 19.8 Å². The van der Waals surface area contributed by atoms with Crippen molar-refractivity contribution in [1.82, 2.24) is 14.9 Å². The van der Waals surface area contributed by atoms with E-state index in [1.54, 1.807) is 12.5 Å². The number of hydrogen-bond donors (Lipinski definition) is 1. The van der Waals surface area contributed by atoms with Crippen LogP contribution in [0.2, 0.25) is 0 Å². The Morgan fingerprint density at radius 3 is 2.89 bits per heavy atom. The van der Waals surface area contributed by atoms with Gasteiger partial charge in [0.15, 0.2) is 0 Å². The van der Waals surface area contributed by atoms with E-state index in [4.69, 9.17) is 4.74 Å². The van der Waals surface area contributed by atoms with Gasteiger partial charge in [-0.3, -0.25) is 5.32 Å². The van der Waals surface area contributed by atoms with Gasteiger partial charge in [0.05, 0.1) is 25.3 Å². The van der Waals surface area contributed by atoms with E-state index in [0.29, 0.717) is 6.04 Å². The number of hydrogen-bond acceptors (Lipinski definition) is 4. The Balaban J connectivity index is 2.13. The fourth-order valence-corrected chi connectivity index (χ4v) is 2.73. The molecule has 0 amide bonds. The van der Waals surface area contributed by atoms with Crippen molar-refractivity contribution in [3.63, 3.8) is 0 Å². The van der Waals surface area contributed by atoms with Gasteiger partial charge < -0.3 is 9.30 Å². The van der Waals surface area contributed by atoms with Crippen molar-refractivity contribution >= 4 is 5.97 Å². The predicted octanol–water partition coefficient (Wildman–Crippen LogP) is 2.04. The van der Waals surface area contributed by atoms with Gasteiger partial charge >= 0.3 is 5.97 Å². The van der Waals surface area contributed by atoms with Gasteiger partial charge in [-0.1, -0.05) is 19.3 Å². The Kier molecular flexibility index (Phi) is 4.96. The summed E-state index contributed by atoms with van der Waals surface area (Å²) >= 11 is 0. The van der Waals surface area contributed by atoms with Crippen LogP contribution in [0.3, 0.4) is 0 Å². The highest BCUT2D eigenvalue weighted by molar-refractivity contribution is 5.77. The summed E-state index contributed by atoms with van der Waals surface area (Å²) in [5, 5.41) is 3.45. The minimum atomic E-state index is -0.407. The van der Waals surface area contributed by atoms with Gasteiger partial charge in [0.1, 0.15) is 6.04 Å². The zero-order valence-electron chi connectivity index (χ0n) is 11.8. The lowest BCUT2D eigenvalue weighted by Crippen LogP contribution is -2.39. The predicted molar refractivity (Wildman–Crippen MR) is 72.7 cm³/mol. The molecule has 1 fully saturated rings. The fourth-order valence-electron chi connectivity index (χ4n) is 2.73. The molecule has 0 bridgehead atoms. The maximum absolute atomic E-state index is 12.0. The summed E-state index contributed by atoms with van der Waals surface area (Å²) in [5.41, 5.74) is 0.889. The molecule has 1 saturated carbocycles. The van der Waals surface area contributed by atoms with Crippen molar-refractivity contribution in [2.24, 2.45) is 0 Å². The molecule has 2 rings (SSSR count). The normalized spacial score (nSPS) is 18.2. The molecule has 1 N–H and O–H groups in total. The maximum Gasteiger partial charge on any atom is 0.329 e. The summed E-state index contributed by atoms with van der Waals surface area (Å²) < 4.78 is 6.92. The topological polar surface area (TPSA) is 56.2 Å². The Hall–Kier alpha value is -1.36. The number of nitrogens with one attached hydrogen (secondary N) is 1. The minimum absolute atomic E-state index is 0.235. The number of carbonyl (C=O) groups is 1. The first-order chi connectivity index (χ1) is 9.26. The summed E-state index contributed by atoms with van der Waals surface area (Å²) in [6, 6.07) is -0.00592. The molecule has 1 atom stereocenters. The van der Waals surface area contributed by atoms with Crippen molar-refractivity contribution in [2.45, 2.75) is 57.7 Å². The van der Waals surface area contributed by atoms with Crippen LogP contribution in [0.25, 0.3) is 0 Å². The molecule has 0 aromatic carbocycles. The third kappa shape index (κ3) is 3.35. The van der Waals surface area contributed by atoms with Crippen LogP contribution in [0.15, 0.2) is 12.5 Å². The summed E-state index contributed by atoms with van der Waals surface area (Å²) in [6.07, 6.45) is 9.54. The number of imidazole rings is 1. The molecule has 1 unspecified atom stereocenters. The number of aryl methyl sites for hydroxylation is 1. The highest BCUT2D eigenvalue weighted by atomic mass is 16.5. The number of ether oxygens (including phenoxy) is 1. The Morgan fingerprint density at radius 2 is 2.26 bits per heavy atom. The molecule has 5 heteroatoms. The Bertz CT molecular complexity index is 411. The van der Waals surface area contributed by atoms with E-state index in [1.165, 1.54) is 26.4 Å². The Labute approximate surface area is 114 Å². The standard InChI is InChI=1S/C14H23N3O2/c1-3-17-10-15-9-12(17)13(14(18)19-2)16-11-7-5-4-6-8-11/h9-11,13,16H,3-8H2,1-2H3. The van der Waals surface area contributed by atoms with E-state index in [1.807, 2.05) is 11.5 Å². The fraction of sp³-hybridized carbons (Fsp3) is 0.714. The lowest BCUT2D eigenvalue weighted by atomic mass is 9.94. The molecule has 1 aliphatic rings. The van der Waals surface area contributed by atoms with Crippen LogP contribution >= 0.6 is 0 Å². The minimum Gasteiger partial charge on any atom is -0.468 e. The van der Waals surface area contributed by atoms with E-state index >= 15 is 0 Å². The second-order valence-corrected chi connectivity index (χ2v) is 5.06. The van der Waals surface area contributed by atoms with Gasteiger partial charge in [0, 0.05) is 12.6 Å². The summed E-state index contributed by atoms with van der Waals surface area (Å²) in [7, 11) is 1.44. The summed E-state index contributed by atoms with van der Waals surface area (Å²) in [6.45, 7) is 2.84. The molecule has 5 nitrogen and oxygen atoms in total. The molecule has 1 heterocycles. The maximum atomic E-state index is 12.0. The van der Waals surface area contributed by atoms with Gasteiger partial charge in [-0.2, -0.15) is 0 Å². The highest BCUT2D eigenvalue weighted by Gasteiger charge is 2.27. The molecule has 1 aliphatic carbocycles. The lowest BCUT2D eigenvalue weighted by Gasteiger charge is -2.27. The molecule has 0 saturated heterocycles. The number of esters is 1. The molecule has 1 aromatic heterocycles. The SMILES string of the molecule is CCn1cncc1C(NC1CCCCC1)C(=O)OC. The molecular formula is C14H23N3O2. The van der Waals surface area contributed by atoms with Crippen LogP contribution in [0.1, 0.15) is 50.8 Å². The van der Waals surface area contributed by atoms with Crippen molar-refractivity contribution < 1.29 is 9.53 Å². The summed E-state index contributed by atoms with van der Waals surface area (Å²) in [4.78, 5) is 16.2. The zero-order valence-corrected chi connectivity index (χ0v) is 11.8. The van der Waals surface area contributed by atoms with Gasteiger partial charge in [0.2, 0.25) is 0 Å². The van der Waals surface area contributed by atoms with Crippen LogP contribution in [0.5, 0.6) is 0 Å². The zero-order chi connectivity index (χ0) is 13.7. The van der Waals surface area contributed by atoms with E-state index in [9.17, 15) is 4.79 Å². The van der Waals surface area contributed by atoms with Gasteiger partial charge in [-0.15, -0.1) is 0 Å². The third-order valence-electron chi connectivity index (χ3n) is 3.83. The average molecular weight is 265 g/mol. The van der Waals surface area contributed by atoms with Crippen molar-refractivity contribution in [3.8, 4) is 0 Å². The van der Waals surface area contributed by atoms with Gasteiger partial charge in [0.25, 0.3) is 0 Å². The first-order valence-electron chi connectivity index (χ1n) is 7.10. The Morgan fingerprint density at radius 1 is 1.53 bits per heavy atom. The average Bonchev–Trinajstić information content (AvgIpc) is 2.93. The molecule has 19 heavy (non-hydrogen) atoms. The van der Waals surface area contributed by atoms with E-state index in [0.717, 1.165) is 25.1 Å². The van der Waals surface area contributed by atoms with Gasteiger partial charge in [-0.25, -0.2) is 9.78 Å². The monoisotopic (exact) mass is 265 g/mol. The molecule has 0 aliphatic heterocycles. The second kappa shape index (κ2) is 6.70. The van der Waals surface area contributed by atoms with Crippen LogP contribution in [-0.2, 0) is 16.1 Å². The third-order valence-corrected chi connectivity index (χ3v) is 3.83. The largest absolute Gasteiger partial charge is 0.468 e. The van der Waals surface area contributed by atoms with Crippen LogP contribution < -0.4 is 5.32 Å². The number of rotatable bonds is 5. The first kappa shape index (κ1) is 14.1. The second-order valence-electron chi connectivity index (χ2n) is 5.06. The number of nitrogens with zero attached hydrogens (tertiary/aromatic N) is 2. The summed E-state index contributed by atoms with van der Waals surface area (Å²) in [5.74, 6) is -0.235. The molecule has 106 valence electrons. The van der Waals surface area contributed by atoms with E-state index < -0.39 is 6.04 Å². The van der Waals surface area contributed by atoms with Crippen molar-refractivity contribution in [2.75, 3.05) is 7.11 Å². The van der Waals surface area contributed by atoms with Crippen LogP contribution in [-0.4, -0.2) is 28.7 Å². The molecule has 0 radical (unpaired) electrons. The molecule has 1 aromatic rings. The smallest absolute Gasteiger partial charge is 0.329 e. The van der Waals surface area contributed by atoms with Crippen molar-refractivity contribution in [3.05, 3.63) is 18.2 Å². The first-order valence-corrected chi connectivity index (χ1v) is 7.10. The van der Waals surface area contributed by atoms with E-state index in [2.05, 4.69) is 10.3 Å². The van der Waals surface area contributed by atoms with E-state index in [-0.39, 0.29) is 5.97 Å². The number of carbonyl (C=O) groups excluding carboxylic acids is 1. The highest BCUT2D eigenvalue weighted by Crippen LogP contribution is 2.22. The number of methoxy groups -OCH3 is 1. The quantitative estimate of drug-likeness (QED) is 0.828. The van der Waals surface area contributed by atoms with Crippen LogP contribution in [0, 0.1) is 0 Å². The number of aromatic nitrogens is 2. The molecule has 0 spiro atoms. The van der Waals surface area contributed by atoms with Crippen molar-refractivity contribution in [1.29, 1.82) is 0 Å². The lowest BCUT2D eigenvalue weighted by molar-refractivity contribution is -0.143.